The molecule has 0 atom stereocenters. The first kappa shape index (κ1) is 18.5. The predicted molar refractivity (Wildman–Crippen MR) is 94.1 cm³/mol. The van der Waals surface area contributed by atoms with E-state index in [9.17, 15) is 18.0 Å². The van der Waals surface area contributed by atoms with Crippen molar-refractivity contribution in [1.82, 2.24) is 0 Å². The van der Waals surface area contributed by atoms with E-state index in [0.717, 1.165) is 0 Å². The number of para-hydroxylation sites is 1. The number of ether oxygens (including phenoxy) is 1. The summed E-state index contributed by atoms with van der Waals surface area (Å²) in [5, 5.41) is 2.54. The van der Waals surface area contributed by atoms with E-state index in [1.807, 2.05) is 0 Å². The van der Waals surface area contributed by atoms with E-state index in [4.69, 9.17) is 0 Å². The summed E-state index contributed by atoms with van der Waals surface area (Å²) < 4.78 is 32.6. The van der Waals surface area contributed by atoms with Crippen LogP contribution in [0, 0.1) is 6.92 Å². The lowest BCUT2D eigenvalue weighted by Crippen LogP contribution is -2.17. The minimum atomic E-state index is -3.98. The first-order valence-corrected chi connectivity index (χ1v) is 8.81. The van der Waals surface area contributed by atoms with Crippen molar-refractivity contribution in [3.8, 4) is 0 Å². The Morgan fingerprint density at radius 2 is 1.76 bits per heavy atom. The Bertz CT molecular complexity index is 922. The maximum atomic E-state index is 12.7. The molecule has 2 N–H and O–H groups in total. The number of carbonyl (C=O) groups is 2. The molecule has 2 rings (SSSR count). The average molecular weight is 362 g/mol. The van der Waals surface area contributed by atoms with Crippen molar-refractivity contribution in [1.29, 1.82) is 0 Å². The largest absolute Gasteiger partial charge is 0.465 e. The van der Waals surface area contributed by atoms with Crippen LogP contribution in [-0.2, 0) is 19.6 Å². The number of carbonyl (C=O) groups excluding carboxylic acids is 2. The Morgan fingerprint density at radius 3 is 2.40 bits per heavy atom. The summed E-state index contributed by atoms with van der Waals surface area (Å²) in [6, 6.07) is 10.7. The summed E-state index contributed by atoms with van der Waals surface area (Å²) in [5.74, 6) is -0.960. The fourth-order valence-electron chi connectivity index (χ4n) is 2.23. The predicted octanol–water partition coefficient (Wildman–Crippen LogP) is 2.54. The zero-order valence-electron chi connectivity index (χ0n) is 14.0. The van der Waals surface area contributed by atoms with Crippen molar-refractivity contribution in [2.75, 3.05) is 17.1 Å². The number of rotatable bonds is 5. The lowest BCUT2D eigenvalue weighted by atomic mass is 10.2. The number of aryl methyl sites for hydroxylation is 1. The third kappa shape index (κ3) is 4.36. The Hall–Kier alpha value is -2.87. The van der Waals surface area contributed by atoms with Gasteiger partial charge in [-0.05, 0) is 36.8 Å². The minimum absolute atomic E-state index is 0.00146. The number of methoxy groups -OCH3 is 1. The van der Waals surface area contributed by atoms with E-state index in [0.29, 0.717) is 11.3 Å². The van der Waals surface area contributed by atoms with E-state index >= 15 is 0 Å². The van der Waals surface area contributed by atoms with Crippen LogP contribution in [0.5, 0.6) is 0 Å². The van der Waals surface area contributed by atoms with Crippen LogP contribution in [0.1, 0.15) is 22.8 Å². The fraction of sp³-hybridized carbons (Fsp3) is 0.176. The van der Waals surface area contributed by atoms with Crippen LogP contribution in [0.3, 0.4) is 0 Å². The molecule has 0 aromatic heterocycles. The maximum Gasteiger partial charge on any atom is 0.339 e. The molecule has 8 heteroatoms. The minimum Gasteiger partial charge on any atom is -0.465 e. The van der Waals surface area contributed by atoms with Crippen molar-refractivity contribution >= 4 is 33.3 Å². The van der Waals surface area contributed by atoms with Gasteiger partial charge >= 0.3 is 5.97 Å². The van der Waals surface area contributed by atoms with Gasteiger partial charge in [-0.1, -0.05) is 18.2 Å². The number of sulfonamides is 1. The van der Waals surface area contributed by atoms with Gasteiger partial charge in [-0.2, -0.15) is 0 Å². The highest BCUT2D eigenvalue weighted by atomic mass is 32.2. The topological polar surface area (TPSA) is 102 Å². The van der Waals surface area contributed by atoms with Gasteiger partial charge in [0.25, 0.3) is 10.0 Å². The fourth-order valence-corrected chi connectivity index (χ4v) is 3.58. The van der Waals surface area contributed by atoms with Gasteiger partial charge in [-0.15, -0.1) is 0 Å². The highest BCUT2D eigenvalue weighted by Gasteiger charge is 2.21. The molecule has 1 amide bonds. The molecule has 132 valence electrons. The van der Waals surface area contributed by atoms with Crippen molar-refractivity contribution < 1.29 is 22.7 Å². The van der Waals surface area contributed by atoms with Gasteiger partial charge < -0.3 is 10.1 Å². The standard InChI is InChI=1S/C17H18N2O5S/c1-11-8-9-13(18-12(2)20)10-16(11)25(22,23)19-15-7-5-4-6-14(15)17(21)24-3/h4-10,19H,1-3H3,(H,18,20). The molecule has 0 fully saturated rings. The Balaban J connectivity index is 2.44. The Labute approximate surface area is 146 Å². The van der Waals surface area contributed by atoms with Gasteiger partial charge in [0, 0.05) is 12.6 Å². The second kappa shape index (κ2) is 7.35. The van der Waals surface area contributed by atoms with Crippen molar-refractivity contribution in [2.24, 2.45) is 0 Å². The molecule has 0 bridgehead atoms. The number of hydrogen-bond donors (Lipinski definition) is 2. The van der Waals surface area contributed by atoms with Crippen LogP contribution >= 0.6 is 0 Å². The van der Waals surface area contributed by atoms with Gasteiger partial charge in [0.1, 0.15) is 0 Å². The van der Waals surface area contributed by atoms with Gasteiger partial charge in [-0.25, -0.2) is 13.2 Å². The number of anilines is 2. The summed E-state index contributed by atoms with van der Waals surface area (Å²) in [7, 11) is -2.76. The van der Waals surface area contributed by atoms with Crippen molar-refractivity contribution in [3.05, 3.63) is 53.6 Å². The molecule has 0 spiro atoms. The Morgan fingerprint density at radius 1 is 1.08 bits per heavy atom. The molecule has 0 aliphatic carbocycles. The zero-order valence-corrected chi connectivity index (χ0v) is 14.8. The molecule has 0 saturated carbocycles. The number of amides is 1. The number of nitrogens with one attached hydrogen (secondary N) is 2. The van der Waals surface area contributed by atoms with Crippen molar-refractivity contribution in [3.63, 3.8) is 0 Å². The Kier molecular flexibility index (Phi) is 5.43. The molecule has 0 aliphatic rings. The first-order chi connectivity index (χ1) is 11.7. The maximum absolute atomic E-state index is 12.7. The molecule has 2 aromatic rings. The van der Waals surface area contributed by atoms with E-state index in [2.05, 4.69) is 14.8 Å². The van der Waals surface area contributed by atoms with Crippen LogP contribution in [0.2, 0.25) is 0 Å². The number of benzene rings is 2. The smallest absolute Gasteiger partial charge is 0.339 e. The SMILES string of the molecule is COC(=O)c1ccccc1NS(=O)(=O)c1cc(NC(C)=O)ccc1C. The van der Waals surface area contributed by atoms with Gasteiger partial charge in [0.05, 0.1) is 23.3 Å². The summed E-state index contributed by atoms with van der Waals surface area (Å²) in [6.07, 6.45) is 0. The summed E-state index contributed by atoms with van der Waals surface area (Å²) in [5.41, 5.74) is 1.07. The average Bonchev–Trinajstić information content (AvgIpc) is 2.55. The number of esters is 1. The third-order valence-electron chi connectivity index (χ3n) is 3.37. The zero-order chi connectivity index (χ0) is 18.6. The molecule has 2 aromatic carbocycles. The lowest BCUT2D eigenvalue weighted by Gasteiger charge is -2.14. The highest BCUT2D eigenvalue weighted by molar-refractivity contribution is 7.92. The lowest BCUT2D eigenvalue weighted by molar-refractivity contribution is -0.114. The molecule has 7 nitrogen and oxygen atoms in total. The molecule has 0 saturated heterocycles. The third-order valence-corrected chi connectivity index (χ3v) is 4.88. The molecule has 0 unspecified atom stereocenters. The second-order valence-corrected chi connectivity index (χ2v) is 6.95. The van der Waals surface area contributed by atoms with Crippen LogP contribution in [0.15, 0.2) is 47.4 Å². The van der Waals surface area contributed by atoms with E-state index in [-0.39, 0.29) is 22.1 Å². The van der Waals surface area contributed by atoms with Crippen LogP contribution in [-0.4, -0.2) is 27.4 Å². The number of hydrogen-bond acceptors (Lipinski definition) is 5. The summed E-state index contributed by atoms with van der Waals surface area (Å²) >= 11 is 0. The van der Waals surface area contributed by atoms with E-state index < -0.39 is 16.0 Å². The van der Waals surface area contributed by atoms with Gasteiger partial charge in [-0.3, -0.25) is 9.52 Å². The second-order valence-electron chi connectivity index (χ2n) is 5.30. The monoisotopic (exact) mass is 362 g/mol. The van der Waals surface area contributed by atoms with Crippen LogP contribution in [0.25, 0.3) is 0 Å². The molecule has 0 heterocycles. The summed E-state index contributed by atoms with van der Waals surface area (Å²) in [6.45, 7) is 2.97. The molecular weight excluding hydrogens is 344 g/mol. The van der Waals surface area contributed by atoms with E-state index in [1.165, 1.54) is 32.2 Å². The molecular formula is C17H18N2O5S. The van der Waals surface area contributed by atoms with E-state index in [1.54, 1.807) is 31.2 Å². The summed E-state index contributed by atoms with van der Waals surface area (Å²) in [4.78, 5) is 23.0. The molecule has 25 heavy (non-hydrogen) atoms. The molecule has 0 radical (unpaired) electrons. The van der Waals surface area contributed by atoms with Gasteiger partial charge in [0.2, 0.25) is 5.91 Å². The van der Waals surface area contributed by atoms with Crippen LogP contribution < -0.4 is 10.0 Å². The first-order valence-electron chi connectivity index (χ1n) is 7.33. The van der Waals surface area contributed by atoms with Crippen LogP contribution in [0.4, 0.5) is 11.4 Å². The van der Waals surface area contributed by atoms with Gasteiger partial charge in [0.15, 0.2) is 0 Å². The molecule has 0 aliphatic heterocycles. The van der Waals surface area contributed by atoms with Crippen molar-refractivity contribution in [2.45, 2.75) is 18.7 Å². The quantitative estimate of drug-likeness (QED) is 0.796. The normalized spacial score (nSPS) is 10.8. The highest BCUT2D eigenvalue weighted by Crippen LogP contribution is 2.25.